The van der Waals surface area contributed by atoms with Crippen LogP contribution in [0.5, 0.6) is 5.75 Å². The van der Waals surface area contributed by atoms with Gasteiger partial charge in [0.2, 0.25) is 5.89 Å². The second-order valence-corrected chi connectivity index (χ2v) is 8.16. The Hall–Kier alpha value is -3.61. The number of nitrogens with zero attached hydrogens (tertiary/aromatic N) is 3. The average Bonchev–Trinajstić information content (AvgIpc) is 3.44. The van der Waals surface area contributed by atoms with E-state index in [0.29, 0.717) is 22.7 Å². The van der Waals surface area contributed by atoms with Crippen LogP contribution in [0.1, 0.15) is 21.8 Å². The van der Waals surface area contributed by atoms with Gasteiger partial charge in [0.1, 0.15) is 10.9 Å². The summed E-state index contributed by atoms with van der Waals surface area (Å²) in [5, 5.41) is 9.58. The fourth-order valence-corrected chi connectivity index (χ4v) is 4.16. The van der Waals surface area contributed by atoms with Crippen molar-refractivity contribution < 1.29 is 13.9 Å². The number of fused-ring (bicyclic) bond motifs is 1. The molecular formula is C25H17Cl2N3O3. The van der Waals surface area contributed by atoms with E-state index in [2.05, 4.69) is 10.2 Å². The van der Waals surface area contributed by atoms with Crippen LogP contribution in [0.2, 0.25) is 10.2 Å². The number of methoxy groups -OCH3 is 1. The van der Waals surface area contributed by atoms with Gasteiger partial charge in [0, 0.05) is 22.5 Å². The molecule has 6 nitrogen and oxygen atoms in total. The Balaban J connectivity index is 1.61. The number of rotatable bonds is 6. The number of benzene rings is 3. The smallest absolute Gasteiger partial charge is 0.289 e. The van der Waals surface area contributed by atoms with Gasteiger partial charge in [-0.2, -0.15) is 0 Å². The Morgan fingerprint density at radius 2 is 1.76 bits per heavy atom. The fraction of sp³-hybridized carbons (Fsp3) is 0.0800. The summed E-state index contributed by atoms with van der Waals surface area (Å²) in [4.78, 5) is 13.5. The summed E-state index contributed by atoms with van der Waals surface area (Å²) in [6.45, 7) is 0.450. The van der Waals surface area contributed by atoms with Gasteiger partial charge in [-0.05, 0) is 48.0 Å². The lowest BCUT2D eigenvalue weighted by atomic mass is 10.1. The summed E-state index contributed by atoms with van der Waals surface area (Å²) in [7, 11) is 1.57. The molecule has 0 atom stereocenters. The van der Waals surface area contributed by atoms with Gasteiger partial charge in [-0.15, -0.1) is 10.2 Å². The molecule has 0 N–H and O–H groups in total. The van der Waals surface area contributed by atoms with Crippen LogP contribution in [-0.2, 0) is 6.54 Å². The predicted octanol–water partition coefficient (Wildman–Crippen LogP) is 6.29. The largest absolute Gasteiger partial charge is 0.497 e. The van der Waals surface area contributed by atoms with E-state index >= 15 is 0 Å². The van der Waals surface area contributed by atoms with Crippen molar-refractivity contribution in [2.24, 2.45) is 0 Å². The van der Waals surface area contributed by atoms with Crippen molar-refractivity contribution in [2.75, 3.05) is 7.11 Å². The average molecular weight is 478 g/mol. The molecule has 0 fully saturated rings. The van der Waals surface area contributed by atoms with Crippen molar-refractivity contribution >= 4 is 39.9 Å². The lowest BCUT2D eigenvalue weighted by molar-refractivity contribution is 0.100. The van der Waals surface area contributed by atoms with E-state index in [9.17, 15) is 4.79 Å². The van der Waals surface area contributed by atoms with Crippen molar-refractivity contribution in [1.29, 1.82) is 0 Å². The molecule has 0 amide bonds. The first kappa shape index (κ1) is 21.2. The second kappa shape index (κ2) is 8.73. The minimum Gasteiger partial charge on any atom is -0.497 e. The topological polar surface area (TPSA) is 70.2 Å². The Bertz CT molecular complexity index is 1460. The summed E-state index contributed by atoms with van der Waals surface area (Å²) in [5.41, 5.74) is 2.77. The van der Waals surface area contributed by atoms with E-state index in [-0.39, 0.29) is 22.5 Å². The van der Waals surface area contributed by atoms with Crippen molar-refractivity contribution in [3.8, 4) is 17.2 Å². The van der Waals surface area contributed by atoms with Crippen molar-refractivity contribution in [1.82, 2.24) is 14.8 Å². The normalized spacial score (nSPS) is 11.1. The first-order chi connectivity index (χ1) is 16.0. The molecule has 0 aliphatic heterocycles. The molecule has 5 rings (SSSR count). The molecule has 5 aromatic rings. The summed E-state index contributed by atoms with van der Waals surface area (Å²) in [5.74, 6) is 0.275. The molecule has 164 valence electrons. The first-order valence-corrected chi connectivity index (χ1v) is 10.8. The van der Waals surface area contributed by atoms with Crippen LogP contribution in [0.3, 0.4) is 0 Å². The maximum absolute atomic E-state index is 13.5. The van der Waals surface area contributed by atoms with Crippen molar-refractivity contribution in [2.45, 2.75) is 6.54 Å². The number of halogens is 2. The van der Waals surface area contributed by atoms with Crippen LogP contribution < -0.4 is 4.74 Å². The van der Waals surface area contributed by atoms with Crippen LogP contribution in [0.4, 0.5) is 0 Å². The summed E-state index contributed by atoms with van der Waals surface area (Å²) in [6.07, 6.45) is 0. The standard InChI is InChI=1S/C25H17Cl2N3O3/c1-32-18-11-12-20-19(13-18)21(23(27)30(20)14-15-7-9-17(26)10-8-15)22(31)25-29-28-24(33-25)16-5-3-2-4-6-16/h2-13H,14H2,1H3. The molecule has 8 heteroatoms. The number of carbonyl (C=O) groups excluding carboxylic acids is 1. The molecule has 0 radical (unpaired) electrons. The Morgan fingerprint density at radius 3 is 2.48 bits per heavy atom. The van der Waals surface area contributed by atoms with Crippen molar-refractivity contribution in [3.05, 3.63) is 100.0 Å². The van der Waals surface area contributed by atoms with E-state index in [1.165, 1.54) is 0 Å². The highest BCUT2D eigenvalue weighted by Crippen LogP contribution is 2.35. The van der Waals surface area contributed by atoms with Gasteiger partial charge in [0.25, 0.3) is 11.7 Å². The predicted molar refractivity (Wildman–Crippen MR) is 127 cm³/mol. The van der Waals surface area contributed by atoms with E-state index in [1.54, 1.807) is 13.2 Å². The zero-order valence-corrected chi connectivity index (χ0v) is 19.0. The Labute approximate surface area is 199 Å². The highest BCUT2D eigenvalue weighted by molar-refractivity contribution is 6.36. The third kappa shape index (κ3) is 3.99. The zero-order chi connectivity index (χ0) is 22.9. The van der Waals surface area contributed by atoms with Gasteiger partial charge < -0.3 is 13.7 Å². The van der Waals surface area contributed by atoms with Crippen LogP contribution in [-0.4, -0.2) is 27.7 Å². The molecule has 0 unspecified atom stereocenters. The summed E-state index contributed by atoms with van der Waals surface area (Å²) < 4.78 is 12.9. The molecule has 0 bridgehead atoms. The van der Waals surface area contributed by atoms with Crippen LogP contribution in [0.15, 0.2) is 77.2 Å². The third-order valence-electron chi connectivity index (χ3n) is 5.33. The minimum absolute atomic E-state index is 0.135. The van der Waals surface area contributed by atoms with Gasteiger partial charge >= 0.3 is 0 Å². The zero-order valence-electron chi connectivity index (χ0n) is 17.5. The number of carbonyl (C=O) groups is 1. The molecule has 3 aromatic carbocycles. The molecule has 2 heterocycles. The number of ether oxygens (including phenoxy) is 1. The lowest BCUT2D eigenvalue weighted by Gasteiger charge is -2.08. The highest BCUT2D eigenvalue weighted by Gasteiger charge is 2.27. The number of hydrogen-bond donors (Lipinski definition) is 0. The van der Waals surface area contributed by atoms with Gasteiger partial charge in [0.15, 0.2) is 0 Å². The summed E-state index contributed by atoms with van der Waals surface area (Å²) in [6, 6.07) is 22.2. The minimum atomic E-state index is -0.456. The van der Waals surface area contributed by atoms with Gasteiger partial charge in [-0.3, -0.25) is 4.79 Å². The maximum atomic E-state index is 13.5. The maximum Gasteiger partial charge on any atom is 0.289 e. The molecule has 33 heavy (non-hydrogen) atoms. The van der Waals surface area contributed by atoms with E-state index < -0.39 is 5.78 Å². The quantitative estimate of drug-likeness (QED) is 0.269. The first-order valence-electron chi connectivity index (χ1n) is 10.1. The molecule has 0 saturated heterocycles. The fourth-order valence-electron chi connectivity index (χ4n) is 3.69. The van der Waals surface area contributed by atoms with Gasteiger partial charge in [0.05, 0.1) is 18.2 Å². The Morgan fingerprint density at radius 1 is 1.00 bits per heavy atom. The number of hydrogen-bond acceptors (Lipinski definition) is 5. The third-order valence-corrected chi connectivity index (χ3v) is 5.97. The highest BCUT2D eigenvalue weighted by atomic mass is 35.5. The molecule has 2 aromatic heterocycles. The van der Waals surface area contributed by atoms with Gasteiger partial charge in [-0.1, -0.05) is 53.5 Å². The van der Waals surface area contributed by atoms with Crippen molar-refractivity contribution in [3.63, 3.8) is 0 Å². The van der Waals surface area contributed by atoms with E-state index in [0.717, 1.165) is 16.6 Å². The van der Waals surface area contributed by atoms with E-state index in [1.807, 2.05) is 71.3 Å². The number of ketones is 1. The number of aromatic nitrogens is 3. The molecule has 0 aliphatic carbocycles. The summed E-state index contributed by atoms with van der Waals surface area (Å²) >= 11 is 12.8. The Kier molecular flexibility index (Phi) is 5.62. The molecule has 0 saturated carbocycles. The van der Waals surface area contributed by atoms with Gasteiger partial charge in [-0.25, -0.2) is 0 Å². The van der Waals surface area contributed by atoms with E-state index in [4.69, 9.17) is 32.4 Å². The second-order valence-electron chi connectivity index (χ2n) is 7.37. The molecule has 0 spiro atoms. The van der Waals surface area contributed by atoms with Crippen LogP contribution in [0.25, 0.3) is 22.4 Å². The molecule has 0 aliphatic rings. The molecular weight excluding hydrogens is 461 g/mol. The monoisotopic (exact) mass is 477 g/mol. The SMILES string of the molecule is COc1ccc2c(c1)c(C(=O)c1nnc(-c3ccccc3)o1)c(Cl)n2Cc1ccc(Cl)cc1. The lowest BCUT2D eigenvalue weighted by Crippen LogP contribution is -2.04. The van der Waals surface area contributed by atoms with Crippen LogP contribution >= 0.6 is 23.2 Å². The van der Waals surface area contributed by atoms with Crippen LogP contribution in [0, 0.1) is 0 Å².